The van der Waals surface area contributed by atoms with E-state index >= 15 is 0 Å². The van der Waals surface area contributed by atoms with Crippen LogP contribution in [0.4, 0.5) is 9.52 Å². The van der Waals surface area contributed by atoms with Crippen LogP contribution in [0.15, 0.2) is 36.4 Å². The normalized spacial score (nSPS) is 17.1. The summed E-state index contributed by atoms with van der Waals surface area (Å²) < 4.78 is 20.5. The summed E-state index contributed by atoms with van der Waals surface area (Å²) in [4.78, 5) is 34.5. The van der Waals surface area contributed by atoms with E-state index in [1.165, 1.54) is 23.5 Å². The number of nitrogens with two attached hydrogens (primary N) is 2. The fourth-order valence-electron chi connectivity index (χ4n) is 4.57. The Morgan fingerprint density at radius 3 is 2.67 bits per heavy atom. The van der Waals surface area contributed by atoms with Gasteiger partial charge in [0.15, 0.2) is 5.13 Å². The number of primary amides is 1. The lowest BCUT2D eigenvalue weighted by molar-refractivity contribution is -0.123. The summed E-state index contributed by atoms with van der Waals surface area (Å²) >= 11 is 13.6. The van der Waals surface area contributed by atoms with Crippen molar-refractivity contribution in [1.29, 1.82) is 0 Å². The smallest absolute Gasteiger partial charge is 0.251 e. The van der Waals surface area contributed by atoms with Gasteiger partial charge in [0, 0.05) is 34.8 Å². The number of carbonyl (C=O) groups is 2. The van der Waals surface area contributed by atoms with Gasteiger partial charge in [-0.25, -0.2) is 14.4 Å². The topological polar surface area (TPSA) is 133 Å². The van der Waals surface area contributed by atoms with E-state index < -0.39 is 17.1 Å². The SMILES string of the molecule is CCC(CNC(=O)c1cc(Cl)c2nc(N)sc2c1)c1cc2c(c(-c3ccc(F)c(Cl)c3)n1)OC[C@]2(C)C(N)=O. The highest BCUT2D eigenvalue weighted by atomic mass is 35.5. The lowest BCUT2D eigenvalue weighted by Gasteiger charge is -2.22. The Labute approximate surface area is 237 Å². The summed E-state index contributed by atoms with van der Waals surface area (Å²) in [5.41, 5.74) is 13.5. The molecule has 8 nitrogen and oxygen atoms in total. The van der Waals surface area contributed by atoms with E-state index in [0.717, 1.165) is 0 Å². The number of fused-ring (bicyclic) bond motifs is 2. The Kier molecular flexibility index (Phi) is 7.13. The van der Waals surface area contributed by atoms with Gasteiger partial charge >= 0.3 is 0 Å². The number of hydrogen-bond donors (Lipinski definition) is 3. The number of hydrogen-bond acceptors (Lipinski definition) is 7. The van der Waals surface area contributed by atoms with Crippen LogP contribution in [0.5, 0.6) is 5.75 Å². The second kappa shape index (κ2) is 10.3. The number of halogens is 3. The van der Waals surface area contributed by atoms with Gasteiger partial charge in [0.05, 0.1) is 14.7 Å². The molecule has 2 amide bonds. The van der Waals surface area contributed by atoms with Gasteiger partial charge in [-0.1, -0.05) is 41.5 Å². The highest BCUT2D eigenvalue weighted by Gasteiger charge is 2.44. The number of nitrogens with one attached hydrogen (secondary N) is 1. The van der Waals surface area contributed by atoms with Gasteiger partial charge in [0.25, 0.3) is 5.91 Å². The Hall–Kier alpha value is -3.47. The van der Waals surface area contributed by atoms with Crippen LogP contribution >= 0.6 is 34.5 Å². The third kappa shape index (κ3) is 4.88. The van der Waals surface area contributed by atoms with Gasteiger partial charge < -0.3 is 21.5 Å². The Morgan fingerprint density at radius 2 is 1.97 bits per heavy atom. The highest BCUT2D eigenvalue weighted by Crippen LogP contribution is 2.45. The molecule has 3 heterocycles. The zero-order valence-electron chi connectivity index (χ0n) is 21.0. The quantitative estimate of drug-likeness (QED) is 0.263. The molecule has 202 valence electrons. The summed E-state index contributed by atoms with van der Waals surface area (Å²) in [6.45, 7) is 3.97. The molecule has 12 heteroatoms. The van der Waals surface area contributed by atoms with E-state index in [-0.39, 0.29) is 30.0 Å². The molecule has 0 aliphatic carbocycles. The molecule has 1 unspecified atom stereocenters. The number of nitrogens with zero attached hydrogens (tertiary/aromatic N) is 2. The zero-order valence-corrected chi connectivity index (χ0v) is 23.3. The molecule has 1 aliphatic heterocycles. The van der Waals surface area contributed by atoms with Crippen LogP contribution in [0.2, 0.25) is 10.0 Å². The van der Waals surface area contributed by atoms with E-state index in [4.69, 9.17) is 44.4 Å². The van der Waals surface area contributed by atoms with Crippen molar-refractivity contribution in [2.75, 3.05) is 18.9 Å². The first-order valence-electron chi connectivity index (χ1n) is 12.1. The minimum atomic E-state index is -1.09. The standard InChI is InChI=1S/C27H24Cl2FN5O3S/c1-3-12(10-33-24(36)14-7-17(29)22-20(8-14)39-26(32)35-22)19-9-15-23(38-11-27(15,2)25(31)37)21(34-19)13-4-5-18(30)16(28)6-13/h4-9,12H,3,10-11H2,1-2H3,(H2,31,37)(H2,32,35)(H,33,36)/t12?,27-/m0/s1. The molecule has 0 saturated carbocycles. The minimum absolute atomic E-state index is 0.0452. The van der Waals surface area contributed by atoms with Crippen LogP contribution in [0.3, 0.4) is 0 Å². The lowest BCUT2D eigenvalue weighted by Crippen LogP contribution is -2.40. The molecule has 0 bridgehead atoms. The second-order valence-corrected chi connectivity index (χ2v) is 11.4. The van der Waals surface area contributed by atoms with Gasteiger partial charge in [-0.15, -0.1) is 0 Å². The fraction of sp³-hybridized carbons (Fsp3) is 0.259. The van der Waals surface area contributed by atoms with Gasteiger partial charge in [0.2, 0.25) is 5.91 Å². The van der Waals surface area contributed by atoms with E-state index in [2.05, 4.69) is 10.3 Å². The molecule has 4 aromatic rings. The van der Waals surface area contributed by atoms with Crippen LogP contribution in [-0.4, -0.2) is 34.9 Å². The molecule has 1 aliphatic rings. The van der Waals surface area contributed by atoms with Crippen LogP contribution in [0, 0.1) is 5.82 Å². The molecule has 2 aromatic heterocycles. The monoisotopic (exact) mass is 587 g/mol. The number of aromatic nitrogens is 2. The molecule has 0 fully saturated rings. The predicted octanol–water partition coefficient (Wildman–Crippen LogP) is 5.45. The Bertz CT molecular complexity index is 1650. The molecule has 5 N–H and O–H groups in total. The van der Waals surface area contributed by atoms with E-state index in [9.17, 15) is 14.0 Å². The molecule has 0 saturated heterocycles. The highest BCUT2D eigenvalue weighted by molar-refractivity contribution is 7.22. The van der Waals surface area contributed by atoms with Crippen LogP contribution in [0.25, 0.3) is 21.5 Å². The van der Waals surface area contributed by atoms with Crippen molar-refractivity contribution in [3.05, 3.63) is 69.1 Å². The van der Waals surface area contributed by atoms with Crippen molar-refractivity contribution >= 4 is 61.7 Å². The van der Waals surface area contributed by atoms with Crippen molar-refractivity contribution < 1.29 is 18.7 Å². The number of ether oxygens (including phenoxy) is 1. The van der Waals surface area contributed by atoms with Gasteiger partial charge in [-0.05, 0) is 49.7 Å². The summed E-state index contributed by atoms with van der Waals surface area (Å²) in [6.07, 6.45) is 0.620. The number of benzene rings is 2. The molecule has 39 heavy (non-hydrogen) atoms. The van der Waals surface area contributed by atoms with Gasteiger partial charge in [0.1, 0.15) is 34.8 Å². The first kappa shape index (κ1) is 27.1. The van der Waals surface area contributed by atoms with Crippen LogP contribution < -0.4 is 21.5 Å². The number of anilines is 1. The second-order valence-electron chi connectivity index (χ2n) is 9.56. The number of amides is 2. The third-order valence-electron chi connectivity index (χ3n) is 6.98. The molecular weight excluding hydrogens is 564 g/mol. The van der Waals surface area contributed by atoms with Crippen molar-refractivity contribution in [2.45, 2.75) is 31.6 Å². The molecule has 5 rings (SSSR count). The predicted molar refractivity (Wildman–Crippen MR) is 151 cm³/mol. The molecule has 0 spiro atoms. The summed E-state index contributed by atoms with van der Waals surface area (Å²) in [6, 6.07) is 9.30. The first-order chi connectivity index (χ1) is 18.5. The summed E-state index contributed by atoms with van der Waals surface area (Å²) in [5.74, 6) is -1.26. The number of thiazole rings is 1. The van der Waals surface area contributed by atoms with Crippen molar-refractivity contribution in [3.8, 4) is 17.0 Å². The number of carbonyl (C=O) groups excluding carboxylic acids is 2. The third-order valence-corrected chi connectivity index (χ3v) is 8.39. The molecular formula is C27H24Cl2FN5O3S. The fourth-order valence-corrected chi connectivity index (χ4v) is 5.87. The maximum Gasteiger partial charge on any atom is 0.251 e. The maximum absolute atomic E-state index is 13.9. The average Bonchev–Trinajstić information content (AvgIpc) is 3.46. The van der Waals surface area contributed by atoms with Crippen molar-refractivity contribution in [2.24, 2.45) is 5.73 Å². The first-order valence-corrected chi connectivity index (χ1v) is 13.7. The van der Waals surface area contributed by atoms with E-state index in [0.29, 0.717) is 60.6 Å². The van der Waals surface area contributed by atoms with Gasteiger partial charge in [-0.2, -0.15) is 0 Å². The van der Waals surface area contributed by atoms with Crippen molar-refractivity contribution in [1.82, 2.24) is 15.3 Å². The molecule has 2 atom stereocenters. The minimum Gasteiger partial charge on any atom is -0.489 e. The largest absolute Gasteiger partial charge is 0.489 e. The molecule has 2 aromatic carbocycles. The van der Waals surface area contributed by atoms with Gasteiger partial charge in [-0.3, -0.25) is 9.59 Å². The molecule has 0 radical (unpaired) electrons. The van der Waals surface area contributed by atoms with Crippen molar-refractivity contribution in [3.63, 3.8) is 0 Å². The summed E-state index contributed by atoms with van der Waals surface area (Å²) in [5, 5.41) is 3.59. The summed E-state index contributed by atoms with van der Waals surface area (Å²) in [7, 11) is 0. The lowest BCUT2D eigenvalue weighted by atomic mass is 9.82. The zero-order chi connectivity index (χ0) is 28.1. The van der Waals surface area contributed by atoms with E-state index in [1.54, 1.807) is 31.2 Å². The van der Waals surface area contributed by atoms with Crippen LogP contribution in [0.1, 0.15) is 47.8 Å². The average molecular weight is 588 g/mol. The number of pyridine rings is 1. The number of rotatable bonds is 7. The van der Waals surface area contributed by atoms with E-state index in [1.807, 2.05) is 6.92 Å². The maximum atomic E-state index is 13.9. The van der Waals surface area contributed by atoms with Crippen LogP contribution in [-0.2, 0) is 10.2 Å². The number of nitrogen functional groups attached to an aromatic ring is 1. The Morgan fingerprint density at radius 1 is 1.21 bits per heavy atom. The Balaban J connectivity index is 1.50.